The van der Waals surface area contributed by atoms with Gasteiger partial charge in [-0.05, 0) is 6.92 Å². The Kier molecular flexibility index (Phi) is 2.27. The van der Waals surface area contributed by atoms with E-state index in [2.05, 4.69) is 10.3 Å². The van der Waals surface area contributed by atoms with Crippen molar-refractivity contribution in [2.24, 2.45) is 0 Å². The maximum absolute atomic E-state index is 12.1. The fourth-order valence-electron chi connectivity index (χ4n) is 0.766. The van der Waals surface area contributed by atoms with E-state index in [-0.39, 0.29) is 5.69 Å². The molecule has 0 atom stereocenters. The molecule has 0 bridgehead atoms. The lowest BCUT2D eigenvalue weighted by molar-refractivity contribution is -0.134. The minimum Gasteiger partial charge on any atom is -0.365 e. The molecule has 0 aliphatic heterocycles. The Bertz CT molecular complexity index is 279. The Labute approximate surface area is 71.4 Å². The zero-order valence-corrected chi connectivity index (χ0v) is 7.31. The van der Waals surface area contributed by atoms with Crippen LogP contribution in [0.1, 0.15) is 10.6 Å². The monoisotopic (exact) mass is 196 g/mol. The number of anilines is 1. The van der Waals surface area contributed by atoms with E-state index in [0.29, 0.717) is 16.5 Å². The molecule has 0 saturated carbocycles. The van der Waals surface area contributed by atoms with Crippen LogP contribution in [0.15, 0.2) is 0 Å². The lowest BCUT2D eigenvalue weighted by Crippen LogP contribution is -2.03. The summed E-state index contributed by atoms with van der Waals surface area (Å²) in [5, 5.41) is 2.86. The Morgan fingerprint density at radius 2 is 2.00 bits per heavy atom. The second kappa shape index (κ2) is 2.93. The van der Waals surface area contributed by atoms with E-state index in [4.69, 9.17) is 0 Å². The zero-order valence-electron chi connectivity index (χ0n) is 6.49. The highest BCUT2D eigenvalue weighted by molar-refractivity contribution is 7.15. The molecule has 0 aliphatic rings. The number of rotatable bonds is 1. The summed E-state index contributed by atoms with van der Waals surface area (Å²) in [7, 11) is 1.54. The number of halogens is 3. The third kappa shape index (κ3) is 1.69. The van der Waals surface area contributed by atoms with Crippen molar-refractivity contribution in [2.75, 3.05) is 12.4 Å². The summed E-state index contributed by atoms with van der Waals surface area (Å²) in [5.74, 6) is 0. The van der Waals surface area contributed by atoms with Crippen LogP contribution in [0.25, 0.3) is 0 Å². The second-order valence-electron chi connectivity index (χ2n) is 2.18. The van der Waals surface area contributed by atoms with Crippen LogP contribution in [0.4, 0.5) is 18.3 Å². The molecule has 0 aromatic carbocycles. The van der Waals surface area contributed by atoms with Crippen LogP contribution in [0, 0.1) is 6.92 Å². The number of nitrogens with zero attached hydrogens (tertiary/aromatic N) is 1. The first-order valence-corrected chi connectivity index (χ1v) is 3.99. The molecule has 1 N–H and O–H groups in total. The van der Waals surface area contributed by atoms with E-state index in [1.807, 2.05) is 0 Å². The van der Waals surface area contributed by atoms with E-state index < -0.39 is 11.1 Å². The normalized spacial score (nSPS) is 11.8. The molecule has 68 valence electrons. The lowest BCUT2D eigenvalue weighted by atomic mass is 10.4. The van der Waals surface area contributed by atoms with Crippen LogP contribution < -0.4 is 5.32 Å². The van der Waals surface area contributed by atoms with E-state index >= 15 is 0 Å². The van der Waals surface area contributed by atoms with Gasteiger partial charge in [-0.1, -0.05) is 11.3 Å². The largest absolute Gasteiger partial charge is 0.427 e. The average Bonchev–Trinajstić information content (AvgIpc) is 2.29. The van der Waals surface area contributed by atoms with Crippen LogP contribution in [-0.4, -0.2) is 12.0 Å². The summed E-state index contributed by atoms with van der Waals surface area (Å²) >= 11 is 0.619. The first kappa shape index (κ1) is 9.31. The van der Waals surface area contributed by atoms with Crippen LogP contribution in [0.5, 0.6) is 0 Å². The highest BCUT2D eigenvalue weighted by atomic mass is 32.1. The van der Waals surface area contributed by atoms with Crippen molar-refractivity contribution in [1.29, 1.82) is 0 Å². The van der Waals surface area contributed by atoms with Crippen LogP contribution in [-0.2, 0) is 6.18 Å². The van der Waals surface area contributed by atoms with Gasteiger partial charge in [0.2, 0.25) is 0 Å². The highest BCUT2D eigenvalue weighted by Gasteiger charge is 2.35. The van der Waals surface area contributed by atoms with Gasteiger partial charge < -0.3 is 5.32 Å². The standard InChI is InChI=1S/C6H7F3N2S/c1-3-4(6(7,8)9)12-5(10-2)11-3/h1-2H3,(H,10,11). The van der Waals surface area contributed by atoms with Gasteiger partial charge in [-0.15, -0.1) is 0 Å². The molecule has 0 spiro atoms. The van der Waals surface area contributed by atoms with Crippen molar-refractivity contribution >= 4 is 16.5 Å². The van der Waals surface area contributed by atoms with Gasteiger partial charge in [-0.25, -0.2) is 4.98 Å². The molecule has 1 rings (SSSR count). The predicted octanol–water partition coefficient (Wildman–Crippen LogP) is 2.51. The Morgan fingerprint density at radius 3 is 2.25 bits per heavy atom. The number of nitrogens with one attached hydrogen (secondary N) is 1. The topological polar surface area (TPSA) is 24.9 Å². The van der Waals surface area contributed by atoms with Crippen molar-refractivity contribution in [3.05, 3.63) is 10.6 Å². The molecule has 1 aromatic heterocycles. The number of hydrogen-bond donors (Lipinski definition) is 1. The van der Waals surface area contributed by atoms with Gasteiger partial charge in [0.05, 0.1) is 5.69 Å². The first-order chi connectivity index (χ1) is 5.45. The Balaban J connectivity index is 3.08. The summed E-state index contributed by atoms with van der Waals surface area (Å²) in [6.07, 6.45) is -4.28. The van der Waals surface area contributed by atoms with E-state index in [1.54, 1.807) is 7.05 Å². The molecule has 0 fully saturated rings. The van der Waals surface area contributed by atoms with Gasteiger partial charge in [-0.3, -0.25) is 0 Å². The SMILES string of the molecule is CNc1nc(C)c(C(F)(F)F)s1. The fourth-order valence-corrected chi connectivity index (χ4v) is 1.55. The third-order valence-corrected chi connectivity index (χ3v) is 2.49. The first-order valence-electron chi connectivity index (χ1n) is 3.17. The Hall–Kier alpha value is -0.780. The zero-order chi connectivity index (χ0) is 9.35. The summed E-state index contributed by atoms with van der Waals surface area (Å²) in [5.41, 5.74) is 0.0249. The molecule has 6 heteroatoms. The quantitative estimate of drug-likeness (QED) is 0.746. The maximum atomic E-state index is 12.1. The molecule has 0 saturated heterocycles. The van der Waals surface area contributed by atoms with Gasteiger partial charge in [0, 0.05) is 7.05 Å². The van der Waals surface area contributed by atoms with Crippen molar-refractivity contribution in [3.8, 4) is 0 Å². The van der Waals surface area contributed by atoms with Crippen LogP contribution in [0.2, 0.25) is 0 Å². The molecule has 0 radical (unpaired) electrons. The van der Waals surface area contributed by atoms with E-state index in [0.717, 1.165) is 0 Å². The third-order valence-electron chi connectivity index (χ3n) is 1.27. The number of aryl methyl sites for hydroxylation is 1. The molecule has 0 unspecified atom stereocenters. The van der Waals surface area contributed by atoms with Gasteiger partial charge >= 0.3 is 6.18 Å². The molecule has 2 nitrogen and oxygen atoms in total. The molecule has 1 aromatic rings. The van der Waals surface area contributed by atoms with Crippen LogP contribution >= 0.6 is 11.3 Å². The maximum Gasteiger partial charge on any atom is 0.427 e. The summed E-state index contributed by atoms with van der Waals surface area (Å²) < 4.78 is 36.4. The fraction of sp³-hybridized carbons (Fsp3) is 0.500. The van der Waals surface area contributed by atoms with Crippen molar-refractivity contribution in [1.82, 2.24) is 4.98 Å². The number of thiazole rings is 1. The van der Waals surface area contributed by atoms with E-state index in [9.17, 15) is 13.2 Å². The minimum atomic E-state index is -4.28. The number of hydrogen-bond acceptors (Lipinski definition) is 3. The summed E-state index contributed by atoms with van der Waals surface area (Å²) in [6, 6.07) is 0. The average molecular weight is 196 g/mol. The van der Waals surface area contributed by atoms with Crippen molar-refractivity contribution in [3.63, 3.8) is 0 Å². The van der Waals surface area contributed by atoms with E-state index in [1.165, 1.54) is 6.92 Å². The lowest BCUT2D eigenvalue weighted by Gasteiger charge is -2.01. The summed E-state index contributed by atoms with van der Waals surface area (Å²) in [6.45, 7) is 1.35. The molecule has 0 amide bonds. The highest BCUT2D eigenvalue weighted by Crippen LogP contribution is 2.37. The number of aromatic nitrogens is 1. The second-order valence-corrected chi connectivity index (χ2v) is 3.18. The molecule has 1 heterocycles. The molecule has 0 aliphatic carbocycles. The van der Waals surface area contributed by atoms with Crippen molar-refractivity contribution < 1.29 is 13.2 Å². The Morgan fingerprint density at radius 1 is 1.42 bits per heavy atom. The smallest absolute Gasteiger partial charge is 0.365 e. The minimum absolute atomic E-state index is 0.0249. The van der Waals surface area contributed by atoms with Gasteiger partial charge in [0.25, 0.3) is 0 Å². The van der Waals surface area contributed by atoms with Gasteiger partial charge in [0.1, 0.15) is 4.88 Å². The summed E-state index contributed by atoms with van der Waals surface area (Å²) in [4.78, 5) is 3.05. The van der Waals surface area contributed by atoms with Crippen LogP contribution in [0.3, 0.4) is 0 Å². The molecular formula is C6H7F3N2S. The molecule has 12 heavy (non-hydrogen) atoms. The van der Waals surface area contributed by atoms with Gasteiger partial charge in [-0.2, -0.15) is 13.2 Å². The predicted molar refractivity (Wildman–Crippen MR) is 41.4 cm³/mol. The number of alkyl halides is 3. The van der Waals surface area contributed by atoms with Gasteiger partial charge in [0.15, 0.2) is 5.13 Å². The van der Waals surface area contributed by atoms with Crippen molar-refractivity contribution in [2.45, 2.75) is 13.1 Å². The molecular weight excluding hydrogens is 189 g/mol.